The van der Waals surface area contributed by atoms with Crippen LogP contribution in [0.25, 0.3) is 0 Å². The summed E-state index contributed by atoms with van der Waals surface area (Å²) in [5.41, 5.74) is 10.6. The van der Waals surface area contributed by atoms with Gasteiger partial charge in [-0.2, -0.15) is 4.98 Å². The Kier molecular flexibility index (Phi) is 5.46. The van der Waals surface area contributed by atoms with Crippen LogP contribution in [-0.4, -0.2) is 23.1 Å². The number of hydrogen-bond donors (Lipinski definition) is 1. The van der Waals surface area contributed by atoms with Crippen molar-refractivity contribution in [2.45, 2.75) is 51.9 Å². The van der Waals surface area contributed by atoms with Crippen molar-refractivity contribution in [1.29, 1.82) is 0 Å². The van der Waals surface area contributed by atoms with Crippen LogP contribution < -0.4 is 10.5 Å². The molecular weight excluding hydrogens is 298 g/mol. The van der Waals surface area contributed by atoms with Crippen molar-refractivity contribution in [2.24, 2.45) is 5.73 Å². The Balaban J connectivity index is 1.77. The van der Waals surface area contributed by atoms with Crippen molar-refractivity contribution in [3.63, 3.8) is 0 Å². The second-order valence-electron chi connectivity index (χ2n) is 6.50. The molecule has 24 heavy (non-hydrogen) atoms. The normalized spacial score (nSPS) is 14.0. The smallest absolute Gasteiger partial charge is 0.220 e. The number of hydrogen-bond acceptors (Lipinski definition) is 4. The highest BCUT2D eigenvalue weighted by atomic mass is 16.5. The minimum absolute atomic E-state index is 0.529. The summed E-state index contributed by atoms with van der Waals surface area (Å²) in [6.45, 7) is 5.50. The first-order valence-electron chi connectivity index (χ1n) is 9.00. The number of nitrogens with two attached hydrogens (primary N) is 1. The zero-order chi connectivity index (χ0) is 16.9. The quantitative estimate of drug-likeness (QED) is 0.808. The highest BCUT2D eigenvalue weighted by molar-refractivity contribution is 5.33. The predicted molar refractivity (Wildman–Crippen MR) is 96.5 cm³/mol. The molecule has 4 nitrogen and oxygen atoms in total. The van der Waals surface area contributed by atoms with Crippen LogP contribution in [0.5, 0.6) is 5.88 Å². The Morgan fingerprint density at radius 2 is 1.96 bits per heavy atom. The SMILES string of the molecule is CCc1nc(C2CC2)nc(OCCc2ccccc2C)c1CCN. The summed E-state index contributed by atoms with van der Waals surface area (Å²) < 4.78 is 6.10. The molecule has 1 aromatic heterocycles. The lowest BCUT2D eigenvalue weighted by atomic mass is 10.1. The summed E-state index contributed by atoms with van der Waals surface area (Å²) in [7, 11) is 0. The van der Waals surface area contributed by atoms with Crippen molar-refractivity contribution in [3.8, 4) is 5.88 Å². The van der Waals surface area contributed by atoms with Gasteiger partial charge in [-0.15, -0.1) is 0 Å². The van der Waals surface area contributed by atoms with E-state index in [-0.39, 0.29) is 0 Å². The maximum absolute atomic E-state index is 6.10. The summed E-state index contributed by atoms with van der Waals surface area (Å²) in [5.74, 6) is 2.24. The molecule has 1 aromatic carbocycles. The fourth-order valence-electron chi connectivity index (χ4n) is 3.01. The Bertz CT molecular complexity index is 695. The number of benzene rings is 1. The molecule has 2 aromatic rings. The average molecular weight is 325 g/mol. The summed E-state index contributed by atoms with van der Waals surface area (Å²) in [6, 6.07) is 8.44. The second kappa shape index (κ2) is 7.75. The standard InChI is InChI=1S/C20H27N3O/c1-3-18-17(10-12-21)20(23-19(22-18)16-8-9-16)24-13-11-15-7-5-4-6-14(15)2/h4-7,16H,3,8-13,21H2,1-2H3. The molecule has 1 fully saturated rings. The molecule has 1 aliphatic carbocycles. The lowest BCUT2D eigenvalue weighted by Crippen LogP contribution is -2.14. The zero-order valence-corrected chi connectivity index (χ0v) is 14.7. The van der Waals surface area contributed by atoms with Gasteiger partial charge >= 0.3 is 0 Å². The fourth-order valence-corrected chi connectivity index (χ4v) is 3.01. The van der Waals surface area contributed by atoms with Gasteiger partial charge in [0.05, 0.1) is 12.3 Å². The minimum Gasteiger partial charge on any atom is -0.477 e. The van der Waals surface area contributed by atoms with Gasteiger partial charge in [0.15, 0.2) is 0 Å². The first-order valence-corrected chi connectivity index (χ1v) is 9.00. The highest BCUT2D eigenvalue weighted by Gasteiger charge is 2.28. The van der Waals surface area contributed by atoms with Gasteiger partial charge in [-0.25, -0.2) is 4.98 Å². The van der Waals surface area contributed by atoms with Crippen LogP contribution in [0.2, 0.25) is 0 Å². The van der Waals surface area contributed by atoms with Gasteiger partial charge in [0.25, 0.3) is 0 Å². The molecule has 3 rings (SSSR count). The molecule has 0 spiro atoms. The molecule has 0 amide bonds. The second-order valence-corrected chi connectivity index (χ2v) is 6.50. The van der Waals surface area contributed by atoms with Crippen LogP contribution in [0.3, 0.4) is 0 Å². The Morgan fingerprint density at radius 3 is 2.62 bits per heavy atom. The molecular formula is C20H27N3O. The Hall–Kier alpha value is -1.94. The maximum Gasteiger partial charge on any atom is 0.220 e. The Labute approximate surface area is 144 Å². The summed E-state index contributed by atoms with van der Waals surface area (Å²) in [4.78, 5) is 9.49. The van der Waals surface area contributed by atoms with E-state index in [1.165, 1.54) is 24.0 Å². The van der Waals surface area contributed by atoms with Crippen LogP contribution in [0.1, 0.15) is 53.9 Å². The lowest BCUT2D eigenvalue weighted by Gasteiger charge is -2.15. The zero-order valence-electron chi connectivity index (χ0n) is 14.7. The van der Waals surface area contributed by atoms with E-state index in [0.717, 1.165) is 42.2 Å². The van der Waals surface area contributed by atoms with E-state index < -0.39 is 0 Å². The summed E-state index contributed by atoms with van der Waals surface area (Å²) >= 11 is 0. The molecule has 1 heterocycles. The van der Waals surface area contributed by atoms with E-state index in [2.05, 4.69) is 38.1 Å². The molecule has 0 saturated heterocycles. The first-order chi connectivity index (χ1) is 11.7. The van der Waals surface area contributed by atoms with E-state index in [4.69, 9.17) is 20.4 Å². The van der Waals surface area contributed by atoms with Crippen molar-refractivity contribution in [1.82, 2.24) is 9.97 Å². The van der Waals surface area contributed by atoms with Crippen molar-refractivity contribution >= 4 is 0 Å². The van der Waals surface area contributed by atoms with Crippen molar-refractivity contribution in [2.75, 3.05) is 13.2 Å². The number of aryl methyl sites for hydroxylation is 2. The molecule has 0 bridgehead atoms. The van der Waals surface area contributed by atoms with E-state index in [0.29, 0.717) is 19.1 Å². The maximum atomic E-state index is 6.10. The number of rotatable bonds is 8. The van der Waals surface area contributed by atoms with Crippen LogP contribution in [0.15, 0.2) is 24.3 Å². The third-order valence-corrected chi connectivity index (χ3v) is 4.62. The van der Waals surface area contributed by atoms with Gasteiger partial charge in [0, 0.05) is 17.9 Å². The molecule has 0 aliphatic heterocycles. The minimum atomic E-state index is 0.529. The molecule has 1 aliphatic rings. The van der Waals surface area contributed by atoms with E-state index >= 15 is 0 Å². The van der Waals surface area contributed by atoms with E-state index in [9.17, 15) is 0 Å². The van der Waals surface area contributed by atoms with Gasteiger partial charge in [-0.3, -0.25) is 0 Å². The molecule has 0 radical (unpaired) electrons. The van der Waals surface area contributed by atoms with Gasteiger partial charge in [-0.1, -0.05) is 31.2 Å². The average Bonchev–Trinajstić information content (AvgIpc) is 3.43. The van der Waals surface area contributed by atoms with E-state index in [1.54, 1.807) is 0 Å². The number of aromatic nitrogens is 2. The molecule has 4 heteroatoms. The summed E-state index contributed by atoms with van der Waals surface area (Å²) in [5, 5.41) is 0. The van der Waals surface area contributed by atoms with Crippen LogP contribution in [-0.2, 0) is 19.3 Å². The topological polar surface area (TPSA) is 61.0 Å². The highest BCUT2D eigenvalue weighted by Crippen LogP contribution is 2.39. The predicted octanol–water partition coefficient (Wildman–Crippen LogP) is 3.35. The van der Waals surface area contributed by atoms with Gasteiger partial charge in [-0.05, 0) is 50.3 Å². The molecule has 1 saturated carbocycles. The third-order valence-electron chi connectivity index (χ3n) is 4.62. The van der Waals surface area contributed by atoms with Crippen LogP contribution in [0.4, 0.5) is 0 Å². The largest absolute Gasteiger partial charge is 0.477 e. The van der Waals surface area contributed by atoms with Crippen LogP contribution in [0, 0.1) is 6.92 Å². The van der Waals surface area contributed by atoms with Crippen LogP contribution >= 0.6 is 0 Å². The number of nitrogens with zero attached hydrogens (tertiary/aromatic N) is 2. The molecule has 0 atom stereocenters. The van der Waals surface area contributed by atoms with Gasteiger partial charge in [0.1, 0.15) is 5.82 Å². The molecule has 0 unspecified atom stereocenters. The summed E-state index contributed by atoms with van der Waals surface area (Å²) in [6.07, 6.45) is 4.95. The molecule has 2 N–H and O–H groups in total. The lowest BCUT2D eigenvalue weighted by molar-refractivity contribution is 0.303. The number of ether oxygens (including phenoxy) is 1. The Morgan fingerprint density at radius 1 is 1.17 bits per heavy atom. The van der Waals surface area contributed by atoms with Crippen molar-refractivity contribution < 1.29 is 4.74 Å². The van der Waals surface area contributed by atoms with Gasteiger partial charge in [0.2, 0.25) is 5.88 Å². The van der Waals surface area contributed by atoms with Gasteiger partial charge < -0.3 is 10.5 Å². The van der Waals surface area contributed by atoms with Crippen molar-refractivity contribution in [3.05, 3.63) is 52.5 Å². The first kappa shape index (κ1) is 16.9. The fraction of sp³-hybridized carbons (Fsp3) is 0.500. The molecule has 128 valence electrons. The van der Waals surface area contributed by atoms with E-state index in [1.807, 2.05) is 0 Å². The third kappa shape index (κ3) is 3.93. The monoisotopic (exact) mass is 325 g/mol.